The summed E-state index contributed by atoms with van der Waals surface area (Å²) in [5, 5.41) is 13.2. The second kappa shape index (κ2) is 4.75. The summed E-state index contributed by atoms with van der Waals surface area (Å²) >= 11 is 0. The third-order valence-corrected chi connectivity index (χ3v) is 2.57. The van der Waals surface area contributed by atoms with Gasteiger partial charge in [0.2, 0.25) is 0 Å². The van der Waals surface area contributed by atoms with Gasteiger partial charge in [0.25, 0.3) is 5.72 Å². The summed E-state index contributed by atoms with van der Waals surface area (Å²) < 4.78 is 43.0. The lowest BCUT2D eigenvalue weighted by Crippen LogP contribution is -2.56. The minimum atomic E-state index is -5.00. The highest BCUT2D eigenvalue weighted by Crippen LogP contribution is 2.41. The molecule has 1 rings (SSSR count). The molecule has 0 aromatic rings. The monoisotopic (exact) mass is 268 g/mol. The summed E-state index contributed by atoms with van der Waals surface area (Å²) in [5.74, 6) is -0.307. The minimum Gasteiger partial charge on any atom is -0.448 e. The number of rotatable bonds is 2. The number of halogens is 3. The van der Waals surface area contributed by atoms with E-state index in [-0.39, 0.29) is 23.2 Å². The van der Waals surface area contributed by atoms with Crippen LogP contribution in [0.2, 0.25) is 0 Å². The Labute approximate surface area is 102 Å². The van der Waals surface area contributed by atoms with Crippen molar-refractivity contribution in [2.45, 2.75) is 39.1 Å². The molecule has 0 saturated heterocycles. The van der Waals surface area contributed by atoms with Crippen molar-refractivity contribution in [3.63, 3.8) is 0 Å². The lowest BCUT2D eigenvalue weighted by Gasteiger charge is -2.31. The van der Waals surface area contributed by atoms with Crippen LogP contribution in [0.25, 0.3) is 0 Å². The molecule has 0 aromatic heterocycles. The topological polar surface area (TPSA) is 62.1 Å². The van der Waals surface area contributed by atoms with Crippen LogP contribution in [0.4, 0.5) is 18.0 Å². The minimum absolute atomic E-state index is 0.0220. The lowest BCUT2D eigenvalue weighted by atomic mass is 9.99. The standard InChI is InChI=1S/C10H15F3N2O3/c1-4-18-8(16)15-9(17,10(11,12)13)5-7(14-15)6(2)3/h6,17H,4-5H2,1-3H3/t9-/m1/s1. The second-order valence-electron chi connectivity index (χ2n) is 4.25. The molecule has 0 aliphatic carbocycles. The van der Waals surface area contributed by atoms with Gasteiger partial charge < -0.3 is 9.84 Å². The molecule has 1 amide bonds. The van der Waals surface area contributed by atoms with Crippen molar-refractivity contribution in [3.8, 4) is 0 Å². The van der Waals surface area contributed by atoms with E-state index >= 15 is 0 Å². The molecule has 8 heteroatoms. The van der Waals surface area contributed by atoms with Crippen molar-refractivity contribution >= 4 is 11.8 Å². The highest BCUT2D eigenvalue weighted by atomic mass is 19.4. The molecule has 0 unspecified atom stereocenters. The fourth-order valence-electron chi connectivity index (χ4n) is 1.49. The Balaban J connectivity index is 3.10. The Morgan fingerprint density at radius 3 is 2.56 bits per heavy atom. The highest BCUT2D eigenvalue weighted by molar-refractivity contribution is 5.90. The molecule has 5 nitrogen and oxygen atoms in total. The van der Waals surface area contributed by atoms with Gasteiger partial charge in [0.05, 0.1) is 6.61 Å². The van der Waals surface area contributed by atoms with Gasteiger partial charge in [0.1, 0.15) is 0 Å². The van der Waals surface area contributed by atoms with Crippen LogP contribution in [0.5, 0.6) is 0 Å². The smallest absolute Gasteiger partial charge is 0.439 e. The van der Waals surface area contributed by atoms with Crippen molar-refractivity contribution in [2.75, 3.05) is 6.61 Å². The van der Waals surface area contributed by atoms with Gasteiger partial charge in [-0.05, 0) is 12.8 Å². The molecule has 1 aliphatic rings. The molecule has 0 spiro atoms. The van der Waals surface area contributed by atoms with Gasteiger partial charge in [-0.1, -0.05) is 13.8 Å². The summed E-state index contributed by atoms with van der Waals surface area (Å²) in [7, 11) is 0. The third-order valence-electron chi connectivity index (χ3n) is 2.57. The molecule has 1 N–H and O–H groups in total. The second-order valence-corrected chi connectivity index (χ2v) is 4.25. The van der Waals surface area contributed by atoms with Crippen LogP contribution < -0.4 is 0 Å². The molecule has 0 bridgehead atoms. The van der Waals surface area contributed by atoms with E-state index in [0.717, 1.165) is 0 Å². The predicted molar refractivity (Wildman–Crippen MR) is 56.8 cm³/mol. The molecule has 1 atom stereocenters. The van der Waals surface area contributed by atoms with Gasteiger partial charge in [0, 0.05) is 12.1 Å². The normalized spacial score (nSPS) is 24.4. The van der Waals surface area contributed by atoms with Gasteiger partial charge in [-0.25, -0.2) is 4.79 Å². The van der Waals surface area contributed by atoms with E-state index in [9.17, 15) is 23.1 Å². The zero-order chi connectivity index (χ0) is 14.1. The number of hydrazone groups is 1. The fraction of sp³-hybridized carbons (Fsp3) is 0.800. The first-order valence-corrected chi connectivity index (χ1v) is 5.47. The number of amides is 1. The van der Waals surface area contributed by atoms with Crippen LogP contribution in [-0.4, -0.2) is 40.4 Å². The Morgan fingerprint density at radius 2 is 2.17 bits per heavy atom. The fourth-order valence-corrected chi connectivity index (χ4v) is 1.49. The van der Waals surface area contributed by atoms with Gasteiger partial charge in [-0.15, -0.1) is 0 Å². The van der Waals surface area contributed by atoms with E-state index in [4.69, 9.17) is 0 Å². The summed E-state index contributed by atoms with van der Waals surface area (Å²) in [6.07, 6.45) is -7.07. The number of carbonyl (C=O) groups is 1. The number of hydrogen-bond acceptors (Lipinski definition) is 4. The van der Waals surface area contributed by atoms with Crippen molar-refractivity contribution in [1.82, 2.24) is 5.01 Å². The van der Waals surface area contributed by atoms with Gasteiger partial charge in [-0.3, -0.25) is 0 Å². The third kappa shape index (κ3) is 2.43. The molecule has 1 aliphatic heterocycles. The number of aliphatic hydroxyl groups is 1. The first-order valence-electron chi connectivity index (χ1n) is 5.47. The Hall–Kier alpha value is -1.31. The number of nitrogens with zero attached hydrogens (tertiary/aromatic N) is 2. The van der Waals surface area contributed by atoms with E-state index in [1.165, 1.54) is 6.92 Å². The Morgan fingerprint density at radius 1 is 1.61 bits per heavy atom. The Kier molecular flexibility index (Phi) is 3.89. The van der Waals surface area contributed by atoms with Crippen molar-refractivity contribution in [2.24, 2.45) is 11.0 Å². The molecule has 1 heterocycles. The number of ether oxygens (including phenoxy) is 1. The van der Waals surface area contributed by atoms with Crippen molar-refractivity contribution in [3.05, 3.63) is 0 Å². The lowest BCUT2D eigenvalue weighted by molar-refractivity contribution is -0.299. The van der Waals surface area contributed by atoms with E-state index < -0.39 is 24.4 Å². The van der Waals surface area contributed by atoms with Crippen LogP contribution in [0.3, 0.4) is 0 Å². The molecule has 0 radical (unpaired) electrons. The van der Waals surface area contributed by atoms with Gasteiger partial charge in [0.15, 0.2) is 0 Å². The average Bonchev–Trinajstić information content (AvgIpc) is 2.57. The maximum absolute atomic E-state index is 12.9. The summed E-state index contributed by atoms with van der Waals surface area (Å²) in [6.45, 7) is 4.61. The van der Waals surface area contributed by atoms with Crippen LogP contribution >= 0.6 is 0 Å². The molecule has 0 aromatic carbocycles. The van der Waals surface area contributed by atoms with Crippen molar-refractivity contribution < 1.29 is 27.8 Å². The van der Waals surface area contributed by atoms with Crippen LogP contribution in [-0.2, 0) is 4.74 Å². The van der Waals surface area contributed by atoms with Crippen LogP contribution in [0, 0.1) is 5.92 Å². The zero-order valence-electron chi connectivity index (χ0n) is 10.3. The Bertz CT molecular complexity index is 368. The van der Waals surface area contributed by atoms with E-state index in [1.807, 2.05) is 0 Å². The SMILES string of the molecule is CCOC(=O)N1N=C(C(C)C)C[C@@]1(O)C(F)(F)F. The van der Waals surface area contributed by atoms with Crippen LogP contribution in [0.1, 0.15) is 27.2 Å². The van der Waals surface area contributed by atoms with Crippen LogP contribution in [0.15, 0.2) is 5.10 Å². The summed E-state index contributed by atoms with van der Waals surface area (Å²) in [4.78, 5) is 11.4. The molecular formula is C10H15F3N2O3. The first kappa shape index (κ1) is 14.7. The number of alkyl halides is 3. The number of carbonyl (C=O) groups excluding carboxylic acids is 1. The predicted octanol–water partition coefficient (Wildman–Crippen LogP) is 2.11. The average molecular weight is 268 g/mol. The maximum Gasteiger partial charge on any atom is 0.439 e. The largest absolute Gasteiger partial charge is 0.448 e. The molecule has 0 saturated carbocycles. The maximum atomic E-state index is 12.9. The molecule has 18 heavy (non-hydrogen) atoms. The highest BCUT2D eigenvalue weighted by Gasteiger charge is 2.63. The first-order chi connectivity index (χ1) is 8.13. The van der Waals surface area contributed by atoms with E-state index in [2.05, 4.69) is 9.84 Å². The van der Waals surface area contributed by atoms with Crippen molar-refractivity contribution in [1.29, 1.82) is 0 Å². The number of hydrogen-bond donors (Lipinski definition) is 1. The summed E-state index contributed by atoms with van der Waals surface area (Å²) in [5.41, 5.74) is -3.22. The zero-order valence-corrected chi connectivity index (χ0v) is 10.3. The van der Waals surface area contributed by atoms with Gasteiger partial charge in [-0.2, -0.15) is 23.3 Å². The molecule has 0 fully saturated rings. The van der Waals surface area contributed by atoms with Gasteiger partial charge >= 0.3 is 12.3 Å². The summed E-state index contributed by atoms with van der Waals surface area (Å²) in [6, 6.07) is 0. The molecular weight excluding hydrogens is 253 g/mol. The quantitative estimate of drug-likeness (QED) is 0.834. The van der Waals surface area contributed by atoms with E-state index in [0.29, 0.717) is 0 Å². The molecule has 104 valence electrons. The van der Waals surface area contributed by atoms with E-state index in [1.54, 1.807) is 13.8 Å².